The fourth-order valence-electron chi connectivity index (χ4n) is 3.71. The van der Waals surface area contributed by atoms with E-state index in [9.17, 15) is 9.82 Å². The van der Waals surface area contributed by atoms with E-state index in [1.165, 1.54) is 0 Å². The van der Waals surface area contributed by atoms with E-state index in [1.807, 2.05) is 68.0 Å². The van der Waals surface area contributed by atoms with Gasteiger partial charge >= 0.3 is 7.05 Å². The third-order valence-corrected chi connectivity index (χ3v) is 5.37. The minimum atomic E-state index is -0.673. The van der Waals surface area contributed by atoms with Gasteiger partial charge in [0.2, 0.25) is 0 Å². The van der Waals surface area contributed by atoms with Crippen LogP contribution in [0.4, 0.5) is 0 Å². The van der Waals surface area contributed by atoms with Gasteiger partial charge in [-0.2, -0.15) is 13.5 Å². The van der Waals surface area contributed by atoms with Crippen molar-refractivity contribution in [3.63, 3.8) is 0 Å². The number of rotatable bonds is 5. The summed E-state index contributed by atoms with van der Waals surface area (Å²) in [5.74, 6) is -0.281. The number of aromatic nitrogens is 1. The molecular formula is C22H24BN3O2S. The predicted octanol–water partition coefficient (Wildman–Crippen LogP) is 1.81. The highest BCUT2D eigenvalue weighted by Crippen LogP contribution is 2.22. The van der Waals surface area contributed by atoms with Crippen LogP contribution in [-0.2, 0) is 11.2 Å². The Morgan fingerprint density at radius 1 is 1.21 bits per heavy atom. The zero-order chi connectivity index (χ0) is 19.7. The molecular weight excluding hydrogens is 381 g/mol. The molecule has 29 heavy (non-hydrogen) atoms. The van der Waals surface area contributed by atoms with Gasteiger partial charge in [-0.05, 0) is 52.9 Å². The SMILES string of the molecule is CN1C=Cc2cc([C@@H](CN)C(=O)Cc3ccc4cnccc4c3)ccc2B1O.S. The van der Waals surface area contributed by atoms with Crippen LogP contribution in [0.1, 0.15) is 22.6 Å². The largest absolute Gasteiger partial charge is 0.449 e. The Kier molecular flexibility index (Phi) is 6.42. The molecule has 5 nitrogen and oxygen atoms in total. The Balaban J connectivity index is 0.00000240. The van der Waals surface area contributed by atoms with E-state index in [1.54, 1.807) is 11.0 Å². The van der Waals surface area contributed by atoms with E-state index in [0.717, 1.165) is 32.9 Å². The molecule has 3 aromatic rings. The summed E-state index contributed by atoms with van der Waals surface area (Å²) in [5.41, 5.74) is 9.58. The first-order valence-electron chi connectivity index (χ1n) is 9.34. The van der Waals surface area contributed by atoms with Crippen LogP contribution in [0.2, 0.25) is 0 Å². The molecule has 0 amide bonds. The van der Waals surface area contributed by atoms with Gasteiger partial charge in [0.15, 0.2) is 0 Å². The first-order chi connectivity index (χ1) is 13.6. The minimum absolute atomic E-state index is 0. The maximum Gasteiger partial charge on any atom is 0.449 e. The van der Waals surface area contributed by atoms with Gasteiger partial charge in [0, 0.05) is 30.7 Å². The Bertz CT molecular complexity index is 1070. The lowest BCUT2D eigenvalue weighted by atomic mass is 9.67. The van der Waals surface area contributed by atoms with Gasteiger partial charge in [0.25, 0.3) is 0 Å². The van der Waals surface area contributed by atoms with Crippen LogP contribution in [0.5, 0.6) is 0 Å². The molecule has 0 aliphatic carbocycles. The number of nitrogens with two attached hydrogens (primary N) is 1. The van der Waals surface area contributed by atoms with Gasteiger partial charge in [-0.15, -0.1) is 0 Å². The molecule has 3 N–H and O–H groups in total. The maximum absolute atomic E-state index is 13.0. The summed E-state index contributed by atoms with van der Waals surface area (Å²) < 4.78 is 0. The second-order valence-corrected chi connectivity index (χ2v) is 7.23. The first kappa shape index (κ1) is 21.1. The average molecular weight is 405 g/mol. The molecule has 0 spiro atoms. The van der Waals surface area contributed by atoms with Crippen molar-refractivity contribution in [2.75, 3.05) is 13.6 Å². The molecule has 2 aromatic carbocycles. The van der Waals surface area contributed by atoms with Crippen molar-refractivity contribution in [1.82, 2.24) is 9.79 Å². The third kappa shape index (κ3) is 4.22. The summed E-state index contributed by atoms with van der Waals surface area (Å²) in [4.78, 5) is 18.9. The summed E-state index contributed by atoms with van der Waals surface area (Å²) in [5, 5.41) is 12.4. The number of carbonyl (C=O) groups is 1. The van der Waals surface area contributed by atoms with Crippen molar-refractivity contribution in [2.24, 2.45) is 5.73 Å². The number of benzene rings is 2. The summed E-state index contributed by atoms with van der Waals surface area (Å²) in [6.07, 6.45) is 7.68. The highest BCUT2D eigenvalue weighted by molar-refractivity contribution is 7.59. The van der Waals surface area contributed by atoms with Gasteiger partial charge in [0.05, 0.1) is 5.92 Å². The molecule has 1 aliphatic heterocycles. The zero-order valence-corrected chi connectivity index (χ0v) is 17.2. The molecule has 0 fully saturated rings. The van der Waals surface area contributed by atoms with Gasteiger partial charge < -0.3 is 15.6 Å². The molecule has 1 atom stereocenters. The molecule has 1 aromatic heterocycles. The number of carbonyl (C=O) groups excluding carboxylic acids is 1. The lowest BCUT2D eigenvalue weighted by molar-refractivity contribution is -0.119. The first-order valence-corrected chi connectivity index (χ1v) is 9.34. The number of Topliss-reactive ketones (excluding diaryl/α,β-unsaturated/α-hetero) is 1. The van der Waals surface area contributed by atoms with Crippen molar-refractivity contribution >= 4 is 48.6 Å². The van der Waals surface area contributed by atoms with Gasteiger partial charge in [-0.1, -0.05) is 36.4 Å². The molecule has 1 aliphatic rings. The van der Waals surface area contributed by atoms with E-state index in [2.05, 4.69) is 4.98 Å². The summed E-state index contributed by atoms with van der Waals surface area (Å²) in [7, 11) is 1.15. The minimum Gasteiger partial charge on any atom is -0.429 e. The standard InChI is InChI=1S/C22H22BN3O2.H2S/c1-26-9-7-18-12-17(4-5-21(18)23(26)28)20(13-24)22(27)11-15-2-3-19-14-25-8-6-16(19)10-15;/h2-10,12,14,20,28H,11,13,24H2,1H3;1H2/t20-;/m1./s1. The highest BCUT2D eigenvalue weighted by Gasteiger charge is 2.27. The van der Waals surface area contributed by atoms with Crippen molar-refractivity contribution in [3.05, 3.63) is 77.7 Å². The van der Waals surface area contributed by atoms with Crippen molar-refractivity contribution < 1.29 is 9.82 Å². The molecule has 0 saturated heterocycles. The molecule has 0 saturated carbocycles. The number of pyridine rings is 1. The summed E-state index contributed by atoms with van der Waals surface area (Å²) in [6, 6.07) is 13.7. The Morgan fingerprint density at radius 2 is 2.03 bits per heavy atom. The number of hydrogen-bond acceptors (Lipinski definition) is 5. The smallest absolute Gasteiger partial charge is 0.429 e. The molecule has 7 heteroatoms. The third-order valence-electron chi connectivity index (χ3n) is 5.37. The fourth-order valence-corrected chi connectivity index (χ4v) is 3.71. The Hall–Kier alpha value is -2.61. The van der Waals surface area contributed by atoms with Crippen LogP contribution in [0.25, 0.3) is 16.8 Å². The number of fused-ring (bicyclic) bond motifs is 2. The van der Waals surface area contributed by atoms with Crippen LogP contribution in [0.3, 0.4) is 0 Å². The molecule has 0 bridgehead atoms. The zero-order valence-electron chi connectivity index (χ0n) is 16.2. The monoisotopic (exact) mass is 405 g/mol. The van der Waals surface area contributed by atoms with Gasteiger partial charge in [-0.25, -0.2) is 0 Å². The molecule has 0 unspecified atom stereocenters. The number of hydrogen-bond donors (Lipinski definition) is 2. The lowest BCUT2D eigenvalue weighted by Crippen LogP contribution is -2.46. The van der Waals surface area contributed by atoms with E-state index in [4.69, 9.17) is 5.73 Å². The van der Waals surface area contributed by atoms with E-state index in [-0.39, 0.29) is 31.7 Å². The Morgan fingerprint density at radius 3 is 2.83 bits per heavy atom. The van der Waals surface area contributed by atoms with Gasteiger partial charge in [0.1, 0.15) is 5.78 Å². The molecule has 2 heterocycles. The summed E-state index contributed by atoms with van der Waals surface area (Å²) in [6.45, 7) is 0.251. The van der Waals surface area contributed by atoms with Crippen molar-refractivity contribution in [1.29, 1.82) is 0 Å². The topological polar surface area (TPSA) is 79.5 Å². The van der Waals surface area contributed by atoms with Crippen LogP contribution in [0.15, 0.2) is 61.1 Å². The molecule has 148 valence electrons. The van der Waals surface area contributed by atoms with E-state index in [0.29, 0.717) is 6.42 Å². The Labute approximate surface area is 177 Å². The van der Waals surface area contributed by atoms with Crippen LogP contribution >= 0.6 is 13.5 Å². The number of ketones is 1. The van der Waals surface area contributed by atoms with Crippen LogP contribution in [-0.4, -0.2) is 41.2 Å². The predicted molar refractivity (Wildman–Crippen MR) is 123 cm³/mol. The van der Waals surface area contributed by atoms with Crippen molar-refractivity contribution in [3.8, 4) is 0 Å². The van der Waals surface area contributed by atoms with Crippen molar-refractivity contribution in [2.45, 2.75) is 12.3 Å². The molecule has 4 rings (SSSR count). The van der Waals surface area contributed by atoms with E-state index < -0.39 is 7.05 Å². The quantitative estimate of drug-likeness (QED) is 0.633. The highest BCUT2D eigenvalue weighted by atomic mass is 32.1. The summed E-state index contributed by atoms with van der Waals surface area (Å²) >= 11 is 0. The lowest BCUT2D eigenvalue weighted by Gasteiger charge is -2.25. The number of nitrogens with zero attached hydrogens (tertiary/aromatic N) is 2. The van der Waals surface area contributed by atoms with E-state index >= 15 is 0 Å². The second kappa shape index (κ2) is 8.82. The molecule has 0 radical (unpaired) electrons. The van der Waals surface area contributed by atoms with Gasteiger partial charge in [-0.3, -0.25) is 9.78 Å². The second-order valence-electron chi connectivity index (χ2n) is 7.23. The normalized spacial score (nSPS) is 13.8. The maximum atomic E-state index is 13.0. The van der Waals surface area contributed by atoms with Crippen LogP contribution in [0, 0.1) is 0 Å². The fraction of sp³-hybridized carbons (Fsp3) is 0.182. The van der Waals surface area contributed by atoms with Crippen LogP contribution < -0.4 is 11.2 Å². The average Bonchev–Trinajstić information content (AvgIpc) is 2.71.